The van der Waals surface area contributed by atoms with Gasteiger partial charge in [-0.3, -0.25) is 9.79 Å². The number of carbonyl (C=O) groups is 1. The molecule has 148 valence electrons. The zero-order chi connectivity index (χ0) is 19.1. The molecule has 2 aliphatic heterocycles. The van der Waals surface area contributed by atoms with E-state index in [1.54, 1.807) is 7.11 Å². The number of amides is 1. The van der Waals surface area contributed by atoms with Crippen LogP contribution >= 0.6 is 0 Å². The largest absolute Gasteiger partial charge is 0.497 e. The molecule has 1 aromatic rings. The SMILES string of the molecule is CCNC(=NCCCN1CCCC1=O)N1CCC(c2ccc(OC)cc2)C1. The summed E-state index contributed by atoms with van der Waals surface area (Å²) in [7, 11) is 1.70. The van der Waals surface area contributed by atoms with Crippen LogP contribution in [0.1, 0.15) is 44.1 Å². The number of methoxy groups -OCH3 is 1. The van der Waals surface area contributed by atoms with Gasteiger partial charge in [-0.05, 0) is 43.9 Å². The highest BCUT2D eigenvalue weighted by molar-refractivity contribution is 5.80. The van der Waals surface area contributed by atoms with Gasteiger partial charge in [0.25, 0.3) is 0 Å². The maximum Gasteiger partial charge on any atom is 0.222 e. The number of benzene rings is 1. The van der Waals surface area contributed by atoms with Crippen LogP contribution in [0.25, 0.3) is 0 Å². The van der Waals surface area contributed by atoms with E-state index in [1.165, 1.54) is 5.56 Å². The minimum atomic E-state index is 0.299. The second-order valence-electron chi connectivity index (χ2n) is 7.28. The van der Waals surface area contributed by atoms with Gasteiger partial charge in [0.05, 0.1) is 7.11 Å². The van der Waals surface area contributed by atoms with Gasteiger partial charge in [-0.1, -0.05) is 12.1 Å². The third-order valence-corrected chi connectivity index (χ3v) is 5.43. The van der Waals surface area contributed by atoms with Gasteiger partial charge in [0.15, 0.2) is 5.96 Å². The molecule has 0 spiro atoms. The van der Waals surface area contributed by atoms with Crippen molar-refractivity contribution < 1.29 is 9.53 Å². The molecule has 27 heavy (non-hydrogen) atoms. The van der Waals surface area contributed by atoms with Crippen LogP contribution in [0.4, 0.5) is 0 Å². The van der Waals surface area contributed by atoms with E-state index in [2.05, 4.69) is 29.3 Å². The van der Waals surface area contributed by atoms with Crippen molar-refractivity contribution in [3.05, 3.63) is 29.8 Å². The molecular weight excluding hydrogens is 340 g/mol. The molecule has 1 aromatic carbocycles. The first-order chi connectivity index (χ1) is 13.2. The monoisotopic (exact) mass is 372 g/mol. The Balaban J connectivity index is 1.52. The highest BCUT2D eigenvalue weighted by Gasteiger charge is 2.26. The Bertz CT molecular complexity index is 644. The average Bonchev–Trinajstić information content (AvgIpc) is 3.34. The number of hydrogen-bond donors (Lipinski definition) is 1. The molecule has 0 saturated carbocycles. The predicted molar refractivity (Wildman–Crippen MR) is 108 cm³/mol. The van der Waals surface area contributed by atoms with E-state index in [0.29, 0.717) is 18.2 Å². The van der Waals surface area contributed by atoms with Crippen LogP contribution in [-0.4, -0.2) is 68.0 Å². The Labute approximate surface area is 162 Å². The molecule has 3 rings (SSSR count). The van der Waals surface area contributed by atoms with Crippen LogP contribution in [-0.2, 0) is 4.79 Å². The zero-order valence-electron chi connectivity index (χ0n) is 16.6. The summed E-state index contributed by atoms with van der Waals surface area (Å²) in [6.07, 6.45) is 3.78. The standard InChI is InChI=1S/C21H32N4O2/c1-3-22-21(23-12-5-14-24-13-4-6-20(24)26)25-15-11-18(16-25)17-7-9-19(27-2)10-8-17/h7-10,18H,3-6,11-16H2,1-2H3,(H,22,23). The quantitative estimate of drug-likeness (QED) is 0.454. The second-order valence-corrected chi connectivity index (χ2v) is 7.28. The number of nitrogens with one attached hydrogen (secondary N) is 1. The minimum absolute atomic E-state index is 0.299. The Morgan fingerprint density at radius 3 is 2.78 bits per heavy atom. The summed E-state index contributed by atoms with van der Waals surface area (Å²) in [5, 5.41) is 3.43. The normalized spacial score (nSPS) is 20.4. The molecule has 0 radical (unpaired) electrons. The van der Waals surface area contributed by atoms with Crippen molar-refractivity contribution in [1.29, 1.82) is 0 Å². The van der Waals surface area contributed by atoms with Gasteiger partial charge in [-0.15, -0.1) is 0 Å². The Hall–Kier alpha value is -2.24. The molecule has 1 N–H and O–H groups in total. The van der Waals surface area contributed by atoms with Crippen LogP contribution in [0, 0.1) is 0 Å². The van der Waals surface area contributed by atoms with Gasteiger partial charge in [-0.25, -0.2) is 0 Å². The third kappa shape index (κ3) is 5.15. The number of hydrogen-bond acceptors (Lipinski definition) is 3. The molecular formula is C21H32N4O2. The average molecular weight is 373 g/mol. The van der Waals surface area contributed by atoms with Crippen LogP contribution in [0.2, 0.25) is 0 Å². The van der Waals surface area contributed by atoms with E-state index in [-0.39, 0.29) is 0 Å². The Kier molecular flexibility index (Phi) is 6.96. The highest BCUT2D eigenvalue weighted by atomic mass is 16.5. The Morgan fingerprint density at radius 1 is 1.30 bits per heavy atom. The lowest BCUT2D eigenvalue weighted by Crippen LogP contribution is -2.40. The van der Waals surface area contributed by atoms with Crippen molar-refractivity contribution in [3.63, 3.8) is 0 Å². The minimum Gasteiger partial charge on any atom is -0.497 e. The van der Waals surface area contributed by atoms with Gasteiger partial charge in [0.1, 0.15) is 5.75 Å². The van der Waals surface area contributed by atoms with E-state index in [0.717, 1.165) is 70.2 Å². The molecule has 1 unspecified atom stereocenters. The van der Waals surface area contributed by atoms with Crippen LogP contribution < -0.4 is 10.1 Å². The van der Waals surface area contributed by atoms with Gasteiger partial charge in [0, 0.05) is 51.6 Å². The van der Waals surface area contributed by atoms with Gasteiger partial charge in [-0.2, -0.15) is 0 Å². The molecule has 1 amide bonds. The second kappa shape index (κ2) is 9.62. The van der Waals surface area contributed by atoms with Gasteiger partial charge < -0.3 is 19.9 Å². The topological polar surface area (TPSA) is 57.2 Å². The molecule has 0 aromatic heterocycles. The highest BCUT2D eigenvalue weighted by Crippen LogP contribution is 2.28. The number of aliphatic imine (C=N–C) groups is 1. The molecule has 6 nitrogen and oxygen atoms in total. The van der Waals surface area contributed by atoms with Crippen molar-refractivity contribution in [3.8, 4) is 5.75 Å². The summed E-state index contributed by atoms with van der Waals surface area (Å²) >= 11 is 0. The fraction of sp³-hybridized carbons (Fsp3) is 0.619. The molecule has 1 atom stereocenters. The first kappa shape index (κ1) is 19.5. The fourth-order valence-electron chi connectivity index (χ4n) is 3.91. The molecule has 2 heterocycles. The van der Waals surface area contributed by atoms with Crippen molar-refractivity contribution in [1.82, 2.24) is 15.1 Å². The van der Waals surface area contributed by atoms with E-state index < -0.39 is 0 Å². The smallest absolute Gasteiger partial charge is 0.222 e. The molecule has 2 aliphatic rings. The third-order valence-electron chi connectivity index (χ3n) is 5.43. The number of nitrogens with zero attached hydrogens (tertiary/aromatic N) is 3. The van der Waals surface area contributed by atoms with Gasteiger partial charge in [0.2, 0.25) is 5.91 Å². The van der Waals surface area contributed by atoms with Crippen molar-refractivity contribution in [2.24, 2.45) is 4.99 Å². The number of likely N-dealkylation sites (tertiary alicyclic amines) is 2. The maximum atomic E-state index is 11.7. The first-order valence-corrected chi connectivity index (χ1v) is 10.2. The summed E-state index contributed by atoms with van der Waals surface area (Å²) in [6.45, 7) is 7.49. The molecule has 2 saturated heterocycles. The molecule has 2 fully saturated rings. The lowest BCUT2D eigenvalue weighted by atomic mass is 9.98. The zero-order valence-corrected chi connectivity index (χ0v) is 16.6. The molecule has 6 heteroatoms. The summed E-state index contributed by atoms with van der Waals surface area (Å²) < 4.78 is 5.26. The van der Waals surface area contributed by atoms with Crippen LogP contribution in [0.15, 0.2) is 29.3 Å². The Morgan fingerprint density at radius 2 is 2.11 bits per heavy atom. The maximum absolute atomic E-state index is 11.7. The van der Waals surface area contributed by atoms with E-state index >= 15 is 0 Å². The number of guanidine groups is 1. The van der Waals surface area contributed by atoms with Crippen molar-refractivity contribution in [2.75, 3.05) is 46.4 Å². The van der Waals surface area contributed by atoms with Crippen LogP contribution in [0.5, 0.6) is 5.75 Å². The fourth-order valence-corrected chi connectivity index (χ4v) is 3.91. The van der Waals surface area contributed by atoms with Crippen LogP contribution in [0.3, 0.4) is 0 Å². The lowest BCUT2D eigenvalue weighted by molar-refractivity contribution is -0.127. The van der Waals surface area contributed by atoms with E-state index in [9.17, 15) is 4.79 Å². The summed E-state index contributed by atoms with van der Waals surface area (Å²) in [5.41, 5.74) is 1.36. The molecule has 0 aliphatic carbocycles. The first-order valence-electron chi connectivity index (χ1n) is 10.2. The lowest BCUT2D eigenvalue weighted by Gasteiger charge is -2.22. The summed E-state index contributed by atoms with van der Waals surface area (Å²) in [5.74, 6) is 2.73. The van der Waals surface area contributed by atoms with E-state index in [1.807, 2.05) is 17.0 Å². The number of ether oxygens (including phenoxy) is 1. The van der Waals surface area contributed by atoms with E-state index in [4.69, 9.17) is 9.73 Å². The summed E-state index contributed by atoms with van der Waals surface area (Å²) in [6, 6.07) is 8.42. The van der Waals surface area contributed by atoms with Crippen molar-refractivity contribution >= 4 is 11.9 Å². The summed E-state index contributed by atoms with van der Waals surface area (Å²) in [4.78, 5) is 20.8. The molecule has 0 bridgehead atoms. The predicted octanol–water partition coefficient (Wildman–Crippen LogP) is 2.46. The van der Waals surface area contributed by atoms with Gasteiger partial charge >= 0.3 is 0 Å². The number of carbonyl (C=O) groups excluding carboxylic acids is 1. The van der Waals surface area contributed by atoms with Crippen molar-refractivity contribution in [2.45, 2.75) is 38.5 Å². The number of rotatable bonds is 7.